The molecule has 0 amide bonds. The quantitative estimate of drug-likeness (QED) is 0.601. The molecule has 9 heteroatoms. The van der Waals surface area contributed by atoms with E-state index in [4.69, 9.17) is 33.2 Å². The van der Waals surface area contributed by atoms with E-state index in [-0.39, 0.29) is 13.0 Å². The number of aliphatic hydroxyl groups excluding tert-OH is 2. The number of benzene rings is 2. The fourth-order valence-corrected chi connectivity index (χ4v) is 5.59. The molecule has 2 N–H and O–H groups in total. The Balaban J connectivity index is 1.18. The van der Waals surface area contributed by atoms with Gasteiger partial charge in [-0.25, -0.2) is 0 Å². The summed E-state index contributed by atoms with van der Waals surface area (Å²) in [5.74, 6) is -0.822. The van der Waals surface area contributed by atoms with Gasteiger partial charge in [-0.15, -0.1) is 0 Å². The normalized spacial score (nSPS) is 40.8. The van der Waals surface area contributed by atoms with E-state index in [2.05, 4.69) is 0 Å². The van der Waals surface area contributed by atoms with Crippen LogP contribution in [0.1, 0.15) is 37.7 Å². The molecule has 4 heterocycles. The predicted octanol–water partition coefficient (Wildman–Crippen LogP) is 2.44. The van der Waals surface area contributed by atoms with Crippen molar-refractivity contribution in [3.8, 4) is 0 Å². The second-order valence-electron chi connectivity index (χ2n) is 10.5. The molecule has 0 bridgehead atoms. The Bertz CT molecular complexity index is 1030. The largest absolute Gasteiger partial charge is 0.388 e. The SMILES string of the molecule is CC1(C)O[C@H]2O[C@H](C[C@H]3O[C@@H]4CO[C@@H](c5ccccc5)O[C@H]4[C@H](OCc4ccccc4)[C@H]3O)[C@H](O)[C@H]2O1. The first-order valence-corrected chi connectivity index (χ1v) is 12.9. The van der Waals surface area contributed by atoms with Gasteiger partial charge in [-0.05, 0) is 19.4 Å². The first-order valence-electron chi connectivity index (χ1n) is 12.9. The fourth-order valence-electron chi connectivity index (χ4n) is 5.59. The predicted molar refractivity (Wildman–Crippen MR) is 129 cm³/mol. The monoisotopic (exact) mass is 514 g/mol. The average Bonchev–Trinajstić information content (AvgIpc) is 3.36. The van der Waals surface area contributed by atoms with Gasteiger partial charge in [-0.1, -0.05) is 60.7 Å². The lowest BCUT2D eigenvalue weighted by Gasteiger charge is -2.48. The Hall–Kier alpha value is -1.92. The van der Waals surface area contributed by atoms with E-state index >= 15 is 0 Å². The zero-order valence-electron chi connectivity index (χ0n) is 20.9. The van der Waals surface area contributed by atoms with Crippen LogP contribution in [0.25, 0.3) is 0 Å². The summed E-state index contributed by atoms with van der Waals surface area (Å²) in [4.78, 5) is 0. The van der Waals surface area contributed by atoms with Gasteiger partial charge >= 0.3 is 0 Å². The lowest BCUT2D eigenvalue weighted by Crippen LogP contribution is -2.63. The standard InChI is InChI=1S/C28H34O9/c1-28(2)36-25-22(30)19(34-27(25)37-28)13-18-21(29)24(31-14-16-9-5-3-6-10-16)23-20(33-18)15-32-26(35-23)17-11-7-4-8-12-17/h3-12,18-27,29-30H,13-15H2,1-2H3/t18-,19-,20-,21+,22+,23-,24-,25-,26-,27-/m1/s1. The smallest absolute Gasteiger partial charge is 0.190 e. The molecule has 4 saturated heterocycles. The Morgan fingerprint density at radius 3 is 2.27 bits per heavy atom. The maximum atomic E-state index is 11.5. The number of hydrogen-bond donors (Lipinski definition) is 2. The van der Waals surface area contributed by atoms with Crippen LogP contribution in [0.5, 0.6) is 0 Å². The van der Waals surface area contributed by atoms with Gasteiger partial charge in [-0.3, -0.25) is 0 Å². The van der Waals surface area contributed by atoms with E-state index in [1.807, 2.05) is 60.7 Å². The molecule has 4 aliphatic rings. The van der Waals surface area contributed by atoms with Crippen LogP contribution in [0, 0.1) is 0 Å². The van der Waals surface area contributed by atoms with Crippen LogP contribution in [0.4, 0.5) is 0 Å². The van der Waals surface area contributed by atoms with E-state index in [0.29, 0.717) is 6.61 Å². The lowest BCUT2D eigenvalue weighted by molar-refractivity contribution is -0.337. The van der Waals surface area contributed by atoms with Gasteiger partial charge in [0.2, 0.25) is 0 Å². The molecule has 6 rings (SSSR count). The Labute approximate surface area is 216 Å². The number of hydrogen-bond acceptors (Lipinski definition) is 9. The van der Waals surface area contributed by atoms with Gasteiger partial charge in [0.15, 0.2) is 18.4 Å². The molecule has 2 aromatic rings. The summed E-state index contributed by atoms with van der Waals surface area (Å²) >= 11 is 0. The van der Waals surface area contributed by atoms with Crippen molar-refractivity contribution in [2.75, 3.05) is 6.61 Å². The van der Waals surface area contributed by atoms with E-state index in [1.54, 1.807) is 13.8 Å². The van der Waals surface area contributed by atoms with Crippen molar-refractivity contribution in [3.05, 3.63) is 71.8 Å². The molecular formula is C28H34O9. The Kier molecular flexibility index (Phi) is 7.08. The third-order valence-corrected chi connectivity index (χ3v) is 7.39. The summed E-state index contributed by atoms with van der Waals surface area (Å²) in [6.45, 7) is 4.15. The summed E-state index contributed by atoms with van der Waals surface area (Å²) in [6.07, 6.45) is -6.52. The first-order chi connectivity index (χ1) is 17.9. The highest BCUT2D eigenvalue weighted by molar-refractivity contribution is 5.17. The number of aliphatic hydroxyl groups is 2. The highest BCUT2D eigenvalue weighted by atomic mass is 16.8. The summed E-state index contributed by atoms with van der Waals surface area (Å²) in [5, 5.41) is 22.3. The van der Waals surface area contributed by atoms with Gasteiger partial charge in [0.25, 0.3) is 0 Å². The minimum atomic E-state index is -1.02. The van der Waals surface area contributed by atoms with Crippen molar-refractivity contribution in [1.82, 2.24) is 0 Å². The molecule has 2 aromatic carbocycles. The summed E-state index contributed by atoms with van der Waals surface area (Å²) < 4.78 is 42.4. The van der Waals surface area contributed by atoms with Gasteiger partial charge in [0.05, 0.1) is 25.4 Å². The van der Waals surface area contributed by atoms with E-state index in [1.165, 1.54) is 0 Å². The van der Waals surface area contributed by atoms with Gasteiger partial charge < -0.3 is 43.4 Å². The van der Waals surface area contributed by atoms with Crippen LogP contribution in [0.2, 0.25) is 0 Å². The molecule has 0 spiro atoms. The van der Waals surface area contributed by atoms with E-state index in [9.17, 15) is 10.2 Å². The van der Waals surface area contributed by atoms with Crippen LogP contribution in [-0.2, 0) is 39.8 Å². The molecule has 4 aliphatic heterocycles. The Morgan fingerprint density at radius 1 is 0.838 bits per heavy atom. The van der Waals surface area contributed by atoms with E-state index in [0.717, 1.165) is 11.1 Å². The highest BCUT2D eigenvalue weighted by Crippen LogP contribution is 2.41. The summed E-state index contributed by atoms with van der Waals surface area (Å²) in [6, 6.07) is 19.5. The molecule has 37 heavy (non-hydrogen) atoms. The van der Waals surface area contributed by atoms with Gasteiger partial charge in [0.1, 0.15) is 36.6 Å². The van der Waals surface area contributed by atoms with Crippen LogP contribution in [-0.4, -0.2) is 77.7 Å². The molecule has 0 aromatic heterocycles. The van der Waals surface area contributed by atoms with Gasteiger partial charge in [0, 0.05) is 12.0 Å². The minimum absolute atomic E-state index is 0.235. The van der Waals surface area contributed by atoms with Gasteiger partial charge in [-0.2, -0.15) is 0 Å². The fraction of sp³-hybridized carbons (Fsp3) is 0.571. The molecule has 4 fully saturated rings. The van der Waals surface area contributed by atoms with Crippen molar-refractivity contribution in [3.63, 3.8) is 0 Å². The van der Waals surface area contributed by atoms with Crippen LogP contribution in [0.3, 0.4) is 0 Å². The van der Waals surface area contributed by atoms with Crippen molar-refractivity contribution in [2.45, 2.75) is 94.1 Å². The van der Waals surface area contributed by atoms with Crippen molar-refractivity contribution in [2.24, 2.45) is 0 Å². The third kappa shape index (κ3) is 5.21. The molecule has 10 atom stereocenters. The topological polar surface area (TPSA) is 105 Å². The first kappa shape index (κ1) is 25.4. The molecule has 0 saturated carbocycles. The summed E-state index contributed by atoms with van der Waals surface area (Å²) in [5.41, 5.74) is 1.87. The minimum Gasteiger partial charge on any atom is -0.388 e. The second kappa shape index (κ2) is 10.3. The Morgan fingerprint density at radius 2 is 1.54 bits per heavy atom. The van der Waals surface area contributed by atoms with Crippen LogP contribution in [0.15, 0.2) is 60.7 Å². The van der Waals surface area contributed by atoms with Crippen molar-refractivity contribution < 1.29 is 43.4 Å². The van der Waals surface area contributed by atoms with Crippen molar-refractivity contribution in [1.29, 1.82) is 0 Å². The highest BCUT2D eigenvalue weighted by Gasteiger charge is 2.56. The van der Waals surface area contributed by atoms with Crippen LogP contribution >= 0.6 is 0 Å². The van der Waals surface area contributed by atoms with Crippen LogP contribution < -0.4 is 0 Å². The molecule has 0 unspecified atom stereocenters. The maximum Gasteiger partial charge on any atom is 0.190 e. The van der Waals surface area contributed by atoms with Crippen molar-refractivity contribution >= 4 is 0 Å². The molecule has 0 aliphatic carbocycles. The summed E-state index contributed by atoms with van der Waals surface area (Å²) in [7, 11) is 0. The molecule has 0 radical (unpaired) electrons. The number of ether oxygens (including phenoxy) is 7. The third-order valence-electron chi connectivity index (χ3n) is 7.39. The number of fused-ring (bicyclic) bond motifs is 2. The molecule has 9 nitrogen and oxygen atoms in total. The zero-order valence-corrected chi connectivity index (χ0v) is 20.9. The average molecular weight is 515 g/mol. The zero-order chi connectivity index (χ0) is 25.6. The number of rotatable bonds is 6. The van der Waals surface area contributed by atoms with E-state index < -0.39 is 67.2 Å². The maximum absolute atomic E-state index is 11.5. The second-order valence-corrected chi connectivity index (χ2v) is 10.5. The molecular weight excluding hydrogens is 480 g/mol. The molecule has 200 valence electrons. The lowest BCUT2D eigenvalue weighted by atomic mass is 9.90.